The summed E-state index contributed by atoms with van der Waals surface area (Å²) in [6.07, 6.45) is 5.18. The number of carbonyl (C=O) groups is 3. The quantitative estimate of drug-likeness (QED) is 0.706. The molecule has 1 aliphatic rings. The van der Waals surface area contributed by atoms with Gasteiger partial charge in [-0.25, -0.2) is 0 Å². The number of methoxy groups -OCH3 is 1. The monoisotopic (exact) mass is 423 g/mol. The molecule has 2 aromatic carbocycles. The first kappa shape index (κ1) is 22.3. The van der Waals surface area contributed by atoms with E-state index in [0.29, 0.717) is 22.7 Å². The van der Waals surface area contributed by atoms with Crippen molar-refractivity contribution in [2.45, 2.75) is 32.1 Å². The zero-order chi connectivity index (χ0) is 22.2. The van der Waals surface area contributed by atoms with Gasteiger partial charge in [-0.1, -0.05) is 25.3 Å². The maximum atomic E-state index is 12.8. The standard InChI is InChI=1S/C24H29N3O4/c1-27(16-22(28)25-19-11-13-21(31-2)14-12-19)24(30)18-9-6-10-20(15-18)26-23(29)17-7-4-3-5-8-17/h6,9-15,17H,3-5,7-8,16H2,1-2H3,(H,25,28)(H,26,29). The van der Waals surface area contributed by atoms with Crippen LogP contribution in [0.15, 0.2) is 48.5 Å². The summed E-state index contributed by atoms with van der Waals surface area (Å²) >= 11 is 0. The Labute approximate surface area is 182 Å². The minimum absolute atomic E-state index is 0.0107. The summed E-state index contributed by atoms with van der Waals surface area (Å²) in [5, 5.41) is 5.69. The zero-order valence-electron chi connectivity index (χ0n) is 18.0. The molecule has 0 spiro atoms. The molecule has 2 aromatic rings. The van der Waals surface area contributed by atoms with Crippen LogP contribution in [-0.4, -0.2) is 43.3 Å². The van der Waals surface area contributed by atoms with Crippen LogP contribution in [0.4, 0.5) is 11.4 Å². The third kappa shape index (κ3) is 6.31. The van der Waals surface area contributed by atoms with Gasteiger partial charge in [0.25, 0.3) is 5.91 Å². The Morgan fingerprint density at radius 1 is 0.968 bits per heavy atom. The fourth-order valence-corrected chi connectivity index (χ4v) is 3.72. The van der Waals surface area contributed by atoms with Crippen LogP contribution in [-0.2, 0) is 9.59 Å². The molecule has 7 heteroatoms. The number of nitrogens with zero attached hydrogens (tertiary/aromatic N) is 1. The van der Waals surface area contributed by atoms with E-state index >= 15 is 0 Å². The van der Waals surface area contributed by atoms with E-state index in [4.69, 9.17) is 4.74 Å². The highest BCUT2D eigenvalue weighted by Crippen LogP contribution is 2.25. The molecule has 2 N–H and O–H groups in total. The van der Waals surface area contributed by atoms with Gasteiger partial charge in [-0.2, -0.15) is 0 Å². The summed E-state index contributed by atoms with van der Waals surface area (Å²) in [6, 6.07) is 13.8. The van der Waals surface area contributed by atoms with Gasteiger partial charge in [0.1, 0.15) is 5.75 Å². The van der Waals surface area contributed by atoms with Crippen molar-refractivity contribution in [3.05, 3.63) is 54.1 Å². The van der Waals surface area contributed by atoms with Crippen molar-refractivity contribution in [3.63, 3.8) is 0 Å². The zero-order valence-corrected chi connectivity index (χ0v) is 18.0. The van der Waals surface area contributed by atoms with E-state index in [9.17, 15) is 14.4 Å². The predicted molar refractivity (Wildman–Crippen MR) is 120 cm³/mol. The molecule has 3 amide bonds. The molecule has 0 atom stereocenters. The van der Waals surface area contributed by atoms with Crippen molar-refractivity contribution in [3.8, 4) is 5.75 Å². The molecule has 164 valence electrons. The molecule has 3 rings (SSSR count). The van der Waals surface area contributed by atoms with E-state index in [1.165, 1.54) is 11.3 Å². The Balaban J connectivity index is 1.56. The third-order valence-electron chi connectivity index (χ3n) is 5.45. The van der Waals surface area contributed by atoms with Crippen LogP contribution in [0, 0.1) is 5.92 Å². The van der Waals surface area contributed by atoms with Crippen LogP contribution >= 0.6 is 0 Å². The normalized spacial score (nSPS) is 13.9. The van der Waals surface area contributed by atoms with E-state index < -0.39 is 0 Å². The van der Waals surface area contributed by atoms with Crippen LogP contribution in [0.3, 0.4) is 0 Å². The van der Waals surface area contributed by atoms with Crippen molar-refractivity contribution in [1.29, 1.82) is 0 Å². The highest BCUT2D eigenvalue weighted by molar-refractivity contribution is 6.00. The van der Waals surface area contributed by atoms with Crippen molar-refractivity contribution in [1.82, 2.24) is 4.90 Å². The SMILES string of the molecule is COc1ccc(NC(=O)CN(C)C(=O)c2cccc(NC(=O)C3CCCCC3)c2)cc1. The van der Waals surface area contributed by atoms with Crippen LogP contribution in [0.5, 0.6) is 5.75 Å². The number of ether oxygens (including phenoxy) is 1. The molecule has 0 aliphatic heterocycles. The summed E-state index contributed by atoms with van der Waals surface area (Å²) in [6.45, 7) is -0.0937. The molecule has 1 aliphatic carbocycles. The van der Waals surface area contributed by atoms with Crippen molar-refractivity contribution in [2.24, 2.45) is 5.92 Å². The maximum Gasteiger partial charge on any atom is 0.254 e. The van der Waals surface area contributed by atoms with E-state index in [-0.39, 0.29) is 30.2 Å². The predicted octanol–water partition coefficient (Wildman–Crippen LogP) is 3.92. The van der Waals surface area contributed by atoms with Gasteiger partial charge >= 0.3 is 0 Å². The van der Waals surface area contributed by atoms with Gasteiger partial charge in [0.15, 0.2) is 0 Å². The largest absolute Gasteiger partial charge is 0.497 e. The fraction of sp³-hybridized carbons (Fsp3) is 0.375. The Hall–Kier alpha value is -3.35. The van der Waals surface area contributed by atoms with Gasteiger partial charge in [-0.3, -0.25) is 14.4 Å². The van der Waals surface area contributed by atoms with Crippen molar-refractivity contribution < 1.29 is 19.1 Å². The third-order valence-corrected chi connectivity index (χ3v) is 5.45. The number of amides is 3. The molecule has 0 unspecified atom stereocenters. The molecule has 0 aromatic heterocycles. The first-order valence-electron chi connectivity index (χ1n) is 10.6. The van der Waals surface area contributed by atoms with E-state index in [1.807, 2.05) is 0 Å². The molecule has 0 bridgehead atoms. The second kappa shape index (κ2) is 10.6. The van der Waals surface area contributed by atoms with Gasteiger partial charge in [0.2, 0.25) is 11.8 Å². The number of benzene rings is 2. The molecule has 31 heavy (non-hydrogen) atoms. The lowest BCUT2D eigenvalue weighted by Crippen LogP contribution is -2.35. The summed E-state index contributed by atoms with van der Waals surface area (Å²) in [7, 11) is 3.15. The average Bonchev–Trinajstić information content (AvgIpc) is 2.79. The lowest BCUT2D eigenvalue weighted by atomic mass is 9.88. The summed E-state index contributed by atoms with van der Waals surface area (Å²) in [4.78, 5) is 38.9. The lowest BCUT2D eigenvalue weighted by molar-refractivity contribution is -0.120. The first-order valence-corrected chi connectivity index (χ1v) is 10.6. The first-order chi connectivity index (χ1) is 15.0. The molecule has 1 saturated carbocycles. The number of hydrogen-bond donors (Lipinski definition) is 2. The Morgan fingerprint density at radius 2 is 1.68 bits per heavy atom. The Bertz CT molecular complexity index is 921. The molecular weight excluding hydrogens is 394 g/mol. The summed E-state index contributed by atoms with van der Waals surface area (Å²) in [5.41, 5.74) is 1.64. The number of carbonyl (C=O) groups excluding carboxylic acids is 3. The Morgan fingerprint density at radius 3 is 2.35 bits per heavy atom. The molecule has 0 radical (unpaired) electrons. The lowest BCUT2D eigenvalue weighted by Gasteiger charge is -2.21. The molecule has 1 fully saturated rings. The van der Waals surface area contributed by atoms with Gasteiger partial charge in [-0.15, -0.1) is 0 Å². The smallest absolute Gasteiger partial charge is 0.254 e. The minimum atomic E-state index is -0.303. The molecule has 0 heterocycles. The van der Waals surface area contributed by atoms with Gasteiger partial charge in [0.05, 0.1) is 13.7 Å². The van der Waals surface area contributed by atoms with Gasteiger partial charge < -0.3 is 20.3 Å². The second-order valence-corrected chi connectivity index (χ2v) is 7.84. The number of hydrogen-bond acceptors (Lipinski definition) is 4. The average molecular weight is 424 g/mol. The van der Waals surface area contributed by atoms with Crippen LogP contribution in [0.25, 0.3) is 0 Å². The van der Waals surface area contributed by atoms with Gasteiger partial charge in [-0.05, 0) is 55.3 Å². The Kier molecular flexibility index (Phi) is 7.65. The number of likely N-dealkylation sites (N-methyl/N-ethyl adjacent to an activating group) is 1. The topological polar surface area (TPSA) is 87.7 Å². The van der Waals surface area contributed by atoms with Gasteiger partial charge in [0, 0.05) is 29.9 Å². The molecular formula is C24H29N3O4. The van der Waals surface area contributed by atoms with E-state index in [0.717, 1.165) is 25.7 Å². The van der Waals surface area contributed by atoms with Crippen molar-refractivity contribution >= 4 is 29.1 Å². The number of nitrogens with one attached hydrogen (secondary N) is 2. The van der Waals surface area contributed by atoms with E-state index in [2.05, 4.69) is 10.6 Å². The van der Waals surface area contributed by atoms with E-state index in [1.54, 1.807) is 62.7 Å². The van der Waals surface area contributed by atoms with Crippen LogP contribution in [0.2, 0.25) is 0 Å². The number of anilines is 2. The van der Waals surface area contributed by atoms with Crippen LogP contribution in [0.1, 0.15) is 42.5 Å². The summed E-state index contributed by atoms with van der Waals surface area (Å²) in [5.74, 6) is 0.149. The minimum Gasteiger partial charge on any atom is -0.497 e. The molecule has 7 nitrogen and oxygen atoms in total. The highest BCUT2D eigenvalue weighted by Gasteiger charge is 2.21. The van der Waals surface area contributed by atoms with Crippen molar-refractivity contribution in [2.75, 3.05) is 31.3 Å². The number of rotatable bonds is 7. The second-order valence-electron chi connectivity index (χ2n) is 7.84. The van der Waals surface area contributed by atoms with Crippen LogP contribution < -0.4 is 15.4 Å². The summed E-state index contributed by atoms with van der Waals surface area (Å²) < 4.78 is 5.10. The highest BCUT2D eigenvalue weighted by atomic mass is 16.5. The fourth-order valence-electron chi connectivity index (χ4n) is 3.72. The maximum absolute atomic E-state index is 12.8. The molecule has 0 saturated heterocycles.